The van der Waals surface area contributed by atoms with E-state index in [1.165, 1.54) is 0 Å². The molecule has 0 unspecified atom stereocenters. The van der Waals surface area contributed by atoms with Crippen molar-refractivity contribution in [3.63, 3.8) is 0 Å². The van der Waals surface area contributed by atoms with Gasteiger partial charge in [0, 0.05) is 34.6 Å². The van der Waals surface area contributed by atoms with E-state index < -0.39 is 0 Å². The van der Waals surface area contributed by atoms with E-state index in [2.05, 4.69) is 16.4 Å². The number of anilines is 1. The maximum Gasteiger partial charge on any atom is 0.262 e. The van der Waals surface area contributed by atoms with Crippen molar-refractivity contribution in [1.82, 2.24) is 9.97 Å². The van der Waals surface area contributed by atoms with Gasteiger partial charge in [0.15, 0.2) is 6.61 Å². The van der Waals surface area contributed by atoms with Gasteiger partial charge in [-0.3, -0.25) is 9.78 Å². The summed E-state index contributed by atoms with van der Waals surface area (Å²) in [6.45, 7) is 5.98. The van der Waals surface area contributed by atoms with Crippen molar-refractivity contribution in [3.8, 4) is 27.6 Å². The molecule has 0 aliphatic heterocycles. The Morgan fingerprint density at radius 3 is 2.58 bits per heavy atom. The summed E-state index contributed by atoms with van der Waals surface area (Å²) in [5, 5.41) is 5.87. The van der Waals surface area contributed by atoms with Gasteiger partial charge in [-0.2, -0.15) is 0 Å². The Kier molecular flexibility index (Phi) is 6.09. The normalized spacial score (nSPS) is 10.7. The Morgan fingerprint density at radius 2 is 1.77 bits per heavy atom. The quantitative estimate of drug-likeness (QED) is 0.420. The number of benzene rings is 2. The van der Waals surface area contributed by atoms with Gasteiger partial charge in [0.1, 0.15) is 10.8 Å². The fourth-order valence-electron chi connectivity index (χ4n) is 3.27. The zero-order valence-electron chi connectivity index (χ0n) is 17.7. The van der Waals surface area contributed by atoms with E-state index in [9.17, 15) is 4.79 Å². The molecule has 5 nitrogen and oxygen atoms in total. The van der Waals surface area contributed by atoms with E-state index in [1.54, 1.807) is 23.7 Å². The van der Waals surface area contributed by atoms with Crippen molar-refractivity contribution in [1.29, 1.82) is 0 Å². The molecule has 2 aromatic heterocycles. The van der Waals surface area contributed by atoms with E-state index in [0.717, 1.165) is 44.3 Å². The Bertz CT molecular complexity index is 1220. The van der Waals surface area contributed by atoms with Crippen LogP contribution in [0.15, 0.2) is 66.3 Å². The lowest BCUT2D eigenvalue weighted by Crippen LogP contribution is -2.20. The van der Waals surface area contributed by atoms with Crippen LogP contribution in [0.2, 0.25) is 0 Å². The number of ether oxygens (including phenoxy) is 1. The highest BCUT2D eigenvalue weighted by molar-refractivity contribution is 7.13. The van der Waals surface area contributed by atoms with Crippen LogP contribution < -0.4 is 10.1 Å². The third-order valence-corrected chi connectivity index (χ3v) is 5.99. The Hall–Kier alpha value is -3.51. The summed E-state index contributed by atoms with van der Waals surface area (Å²) in [5.41, 5.74) is 6.78. The van der Waals surface area contributed by atoms with Crippen molar-refractivity contribution in [2.45, 2.75) is 20.8 Å². The molecular weight excluding hydrogens is 406 g/mol. The minimum atomic E-state index is -0.201. The molecule has 4 aromatic rings. The highest BCUT2D eigenvalue weighted by Crippen LogP contribution is 2.30. The second-order valence-electron chi connectivity index (χ2n) is 7.34. The van der Waals surface area contributed by atoms with Crippen molar-refractivity contribution in [2.24, 2.45) is 0 Å². The van der Waals surface area contributed by atoms with Gasteiger partial charge in [0.2, 0.25) is 0 Å². The van der Waals surface area contributed by atoms with Gasteiger partial charge < -0.3 is 10.1 Å². The SMILES string of the molecule is Cc1ccc(C)c(OCC(=O)Nc2cccc(-c3csc(-c4ccncc4)n3)c2)c1C. The number of aromatic nitrogens is 2. The second kappa shape index (κ2) is 9.10. The molecule has 1 amide bonds. The molecule has 2 heterocycles. The first-order chi connectivity index (χ1) is 15.0. The number of nitrogens with one attached hydrogen (secondary N) is 1. The second-order valence-corrected chi connectivity index (χ2v) is 8.20. The number of rotatable bonds is 6. The zero-order chi connectivity index (χ0) is 21.8. The molecule has 2 aromatic carbocycles. The van der Waals surface area contributed by atoms with Crippen LogP contribution in [0.1, 0.15) is 16.7 Å². The first-order valence-corrected chi connectivity index (χ1v) is 10.8. The summed E-state index contributed by atoms with van der Waals surface area (Å²) in [6, 6.07) is 15.6. The Balaban J connectivity index is 1.44. The summed E-state index contributed by atoms with van der Waals surface area (Å²) in [5.74, 6) is 0.572. The molecule has 0 saturated carbocycles. The van der Waals surface area contributed by atoms with Crippen LogP contribution in [0.3, 0.4) is 0 Å². The van der Waals surface area contributed by atoms with Crippen LogP contribution >= 0.6 is 11.3 Å². The summed E-state index contributed by atoms with van der Waals surface area (Å²) in [6.07, 6.45) is 3.52. The molecule has 0 fully saturated rings. The van der Waals surface area contributed by atoms with Gasteiger partial charge in [0.05, 0.1) is 5.69 Å². The van der Waals surface area contributed by atoms with Crippen LogP contribution in [0.4, 0.5) is 5.69 Å². The summed E-state index contributed by atoms with van der Waals surface area (Å²) in [4.78, 5) is 21.3. The number of pyridine rings is 1. The van der Waals surface area contributed by atoms with Crippen LogP contribution in [0.25, 0.3) is 21.8 Å². The minimum absolute atomic E-state index is 0.0434. The number of hydrogen-bond donors (Lipinski definition) is 1. The highest BCUT2D eigenvalue weighted by atomic mass is 32.1. The standard InChI is InChI=1S/C25H23N3O2S/c1-16-7-8-17(2)24(18(16)3)30-14-23(29)27-21-6-4-5-20(13-21)22-15-31-25(28-22)19-9-11-26-12-10-19/h4-13,15H,14H2,1-3H3,(H,27,29). The number of carbonyl (C=O) groups is 1. The topological polar surface area (TPSA) is 64.1 Å². The highest BCUT2D eigenvalue weighted by Gasteiger charge is 2.11. The largest absolute Gasteiger partial charge is 0.483 e. The van der Waals surface area contributed by atoms with Crippen molar-refractivity contribution >= 4 is 22.9 Å². The lowest BCUT2D eigenvalue weighted by Gasteiger charge is -2.14. The number of thiazole rings is 1. The van der Waals surface area contributed by atoms with E-state index in [-0.39, 0.29) is 12.5 Å². The smallest absolute Gasteiger partial charge is 0.262 e. The molecule has 4 rings (SSSR count). The number of hydrogen-bond acceptors (Lipinski definition) is 5. The molecule has 0 radical (unpaired) electrons. The average molecular weight is 430 g/mol. The van der Waals surface area contributed by atoms with Crippen LogP contribution in [-0.4, -0.2) is 22.5 Å². The zero-order valence-corrected chi connectivity index (χ0v) is 18.5. The molecule has 0 spiro atoms. The van der Waals surface area contributed by atoms with Crippen molar-refractivity contribution in [2.75, 3.05) is 11.9 Å². The molecular formula is C25H23N3O2S. The number of nitrogens with zero attached hydrogens (tertiary/aromatic N) is 2. The molecule has 0 atom stereocenters. The predicted molar refractivity (Wildman–Crippen MR) is 126 cm³/mol. The van der Waals surface area contributed by atoms with E-state index in [0.29, 0.717) is 5.69 Å². The molecule has 6 heteroatoms. The molecule has 0 aliphatic rings. The number of amides is 1. The van der Waals surface area contributed by atoms with Gasteiger partial charge in [-0.05, 0) is 61.7 Å². The monoisotopic (exact) mass is 429 g/mol. The lowest BCUT2D eigenvalue weighted by molar-refractivity contribution is -0.118. The molecule has 0 aliphatic carbocycles. The Labute approximate surface area is 185 Å². The minimum Gasteiger partial charge on any atom is -0.483 e. The number of carbonyl (C=O) groups excluding carboxylic acids is 1. The summed E-state index contributed by atoms with van der Waals surface area (Å²) < 4.78 is 5.82. The fourth-order valence-corrected chi connectivity index (χ4v) is 4.11. The molecule has 31 heavy (non-hydrogen) atoms. The van der Waals surface area contributed by atoms with Crippen molar-refractivity contribution in [3.05, 3.63) is 83.0 Å². The van der Waals surface area contributed by atoms with Gasteiger partial charge in [-0.1, -0.05) is 24.3 Å². The van der Waals surface area contributed by atoms with Crippen molar-refractivity contribution < 1.29 is 9.53 Å². The first-order valence-electron chi connectivity index (χ1n) is 9.97. The number of aryl methyl sites for hydroxylation is 2. The predicted octanol–water partition coefficient (Wildman–Crippen LogP) is 5.81. The van der Waals surface area contributed by atoms with E-state index in [4.69, 9.17) is 9.72 Å². The third kappa shape index (κ3) is 4.81. The molecule has 1 N–H and O–H groups in total. The van der Waals surface area contributed by atoms with Gasteiger partial charge in [-0.25, -0.2) is 4.98 Å². The lowest BCUT2D eigenvalue weighted by atomic mass is 10.1. The van der Waals surface area contributed by atoms with Crippen LogP contribution in [0.5, 0.6) is 5.75 Å². The summed E-state index contributed by atoms with van der Waals surface area (Å²) in [7, 11) is 0. The van der Waals surface area contributed by atoms with Gasteiger partial charge in [0.25, 0.3) is 5.91 Å². The molecule has 0 saturated heterocycles. The summed E-state index contributed by atoms with van der Waals surface area (Å²) >= 11 is 1.58. The molecule has 0 bridgehead atoms. The van der Waals surface area contributed by atoms with Gasteiger partial charge >= 0.3 is 0 Å². The third-order valence-electron chi connectivity index (χ3n) is 5.09. The van der Waals surface area contributed by atoms with Crippen LogP contribution in [-0.2, 0) is 4.79 Å². The van der Waals surface area contributed by atoms with E-state index in [1.807, 2.05) is 68.6 Å². The van der Waals surface area contributed by atoms with Crippen LogP contribution in [0, 0.1) is 20.8 Å². The maximum absolute atomic E-state index is 12.5. The first kappa shape index (κ1) is 20.8. The Morgan fingerprint density at radius 1 is 1.00 bits per heavy atom. The fraction of sp³-hybridized carbons (Fsp3) is 0.160. The maximum atomic E-state index is 12.5. The molecule has 156 valence electrons. The van der Waals surface area contributed by atoms with E-state index >= 15 is 0 Å². The average Bonchev–Trinajstić information content (AvgIpc) is 3.28. The van der Waals surface area contributed by atoms with Gasteiger partial charge in [-0.15, -0.1) is 11.3 Å².